The van der Waals surface area contributed by atoms with E-state index in [1.807, 2.05) is 6.92 Å². The van der Waals surface area contributed by atoms with E-state index in [1.165, 1.54) is 0 Å². The summed E-state index contributed by atoms with van der Waals surface area (Å²) >= 11 is 0. The Balaban J connectivity index is 2.37. The largest absolute Gasteiger partial charge is 0.394 e. The van der Waals surface area contributed by atoms with Gasteiger partial charge < -0.3 is 15.2 Å². The molecule has 0 amide bonds. The van der Waals surface area contributed by atoms with E-state index in [1.54, 1.807) is 0 Å². The Morgan fingerprint density at radius 3 is 2.89 bits per heavy atom. The van der Waals surface area contributed by atoms with Crippen LogP contribution in [0.2, 0.25) is 0 Å². The Labute approximate surface area is 55.0 Å². The lowest BCUT2D eigenvalue weighted by Gasteiger charge is -2.32. The van der Waals surface area contributed by atoms with Crippen LogP contribution in [-0.4, -0.2) is 37.0 Å². The minimum atomic E-state index is -0.196. The maximum absolute atomic E-state index is 8.81. The van der Waals surface area contributed by atoms with Crippen LogP contribution in [0.5, 0.6) is 0 Å². The summed E-state index contributed by atoms with van der Waals surface area (Å²) < 4.78 is 5.15. The Morgan fingerprint density at radius 1 is 1.78 bits per heavy atom. The van der Waals surface area contributed by atoms with Crippen molar-refractivity contribution in [3.63, 3.8) is 0 Å². The van der Waals surface area contributed by atoms with Crippen LogP contribution in [0.1, 0.15) is 6.92 Å². The molecule has 0 bridgehead atoms. The van der Waals surface area contributed by atoms with Crippen molar-refractivity contribution >= 4 is 0 Å². The highest BCUT2D eigenvalue weighted by Gasteiger charge is 2.25. The van der Waals surface area contributed by atoms with Crippen LogP contribution in [0, 0.1) is 0 Å². The molecule has 0 aromatic heterocycles. The molecule has 0 unspecified atom stereocenters. The predicted octanol–water partition coefficient (Wildman–Crippen LogP) is -0.643. The van der Waals surface area contributed by atoms with Crippen LogP contribution in [0.3, 0.4) is 0 Å². The van der Waals surface area contributed by atoms with Crippen molar-refractivity contribution in [2.75, 3.05) is 26.4 Å². The van der Waals surface area contributed by atoms with E-state index in [0.29, 0.717) is 6.61 Å². The fourth-order valence-electron chi connectivity index (χ4n) is 0.875. The van der Waals surface area contributed by atoms with Crippen molar-refractivity contribution in [2.24, 2.45) is 0 Å². The first-order valence-corrected chi connectivity index (χ1v) is 3.20. The van der Waals surface area contributed by atoms with Gasteiger partial charge in [0.1, 0.15) is 0 Å². The Morgan fingerprint density at radius 2 is 2.56 bits per heavy atom. The fraction of sp³-hybridized carbons (Fsp3) is 1.00. The van der Waals surface area contributed by atoms with Gasteiger partial charge in [-0.1, -0.05) is 0 Å². The van der Waals surface area contributed by atoms with Crippen molar-refractivity contribution in [1.29, 1.82) is 0 Å². The van der Waals surface area contributed by atoms with Gasteiger partial charge in [-0.2, -0.15) is 0 Å². The molecule has 2 N–H and O–H groups in total. The Kier molecular flexibility index (Phi) is 2.05. The zero-order chi connectivity index (χ0) is 6.74. The molecule has 0 aromatic carbocycles. The number of rotatable bonds is 1. The lowest BCUT2D eigenvalue weighted by atomic mass is 10.0. The molecule has 0 aliphatic carbocycles. The maximum Gasteiger partial charge on any atom is 0.0668 e. The van der Waals surface area contributed by atoms with E-state index in [-0.39, 0.29) is 12.1 Å². The van der Waals surface area contributed by atoms with Gasteiger partial charge in [-0.3, -0.25) is 0 Å². The summed E-state index contributed by atoms with van der Waals surface area (Å²) in [6.45, 7) is 4.31. The molecule has 9 heavy (non-hydrogen) atoms. The fourth-order valence-corrected chi connectivity index (χ4v) is 0.875. The molecule has 0 saturated carbocycles. The summed E-state index contributed by atoms with van der Waals surface area (Å²) in [4.78, 5) is 0. The molecule has 1 atom stereocenters. The predicted molar refractivity (Wildman–Crippen MR) is 34.3 cm³/mol. The second-order valence-corrected chi connectivity index (χ2v) is 2.70. The minimum absolute atomic E-state index is 0.146. The molecule has 1 aliphatic heterocycles. The molecule has 0 aromatic rings. The highest BCUT2D eigenvalue weighted by atomic mass is 16.5. The minimum Gasteiger partial charge on any atom is -0.394 e. The quantitative estimate of drug-likeness (QED) is 0.497. The van der Waals surface area contributed by atoms with Gasteiger partial charge in [-0.15, -0.1) is 0 Å². The van der Waals surface area contributed by atoms with E-state index < -0.39 is 0 Å². The SMILES string of the molecule is C[C@@]1(CO)COCCN1. The lowest BCUT2D eigenvalue weighted by Crippen LogP contribution is -2.54. The monoisotopic (exact) mass is 131 g/mol. The molecule has 1 aliphatic rings. The molecule has 1 heterocycles. The van der Waals surface area contributed by atoms with Crippen LogP contribution in [0.25, 0.3) is 0 Å². The number of nitrogens with one attached hydrogen (secondary N) is 1. The molecule has 0 radical (unpaired) electrons. The van der Waals surface area contributed by atoms with E-state index in [0.717, 1.165) is 13.2 Å². The van der Waals surface area contributed by atoms with Crippen molar-refractivity contribution < 1.29 is 9.84 Å². The Bertz CT molecular complexity index is 89.1. The smallest absolute Gasteiger partial charge is 0.0668 e. The Hall–Kier alpha value is -0.120. The highest BCUT2D eigenvalue weighted by molar-refractivity contribution is 4.84. The zero-order valence-corrected chi connectivity index (χ0v) is 5.68. The number of aliphatic hydroxyl groups is 1. The van der Waals surface area contributed by atoms with Crippen molar-refractivity contribution in [1.82, 2.24) is 5.32 Å². The van der Waals surface area contributed by atoms with Crippen LogP contribution in [0.15, 0.2) is 0 Å². The zero-order valence-electron chi connectivity index (χ0n) is 5.68. The molecular formula is C6H13NO2. The van der Waals surface area contributed by atoms with Gasteiger partial charge in [0.2, 0.25) is 0 Å². The third-order valence-corrected chi connectivity index (χ3v) is 1.57. The number of hydrogen-bond acceptors (Lipinski definition) is 3. The third kappa shape index (κ3) is 1.64. The van der Waals surface area contributed by atoms with Gasteiger partial charge in [0, 0.05) is 6.54 Å². The molecular weight excluding hydrogens is 118 g/mol. The first kappa shape index (κ1) is 6.99. The molecule has 1 rings (SSSR count). The van der Waals surface area contributed by atoms with Crippen molar-refractivity contribution in [3.8, 4) is 0 Å². The summed E-state index contributed by atoms with van der Waals surface area (Å²) in [5, 5.41) is 12.0. The molecule has 54 valence electrons. The standard InChI is InChI=1S/C6H13NO2/c1-6(4-8)5-9-3-2-7-6/h7-8H,2-5H2,1H3/t6-/m1/s1. The van der Waals surface area contributed by atoms with E-state index in [9.17, 15) is 0 Å². The summed E-state index contributed by atoms with van der Waals surface area (Å²) in [6.07, 6.45) is 0. The molecule has 3 nitrogen and oxygen atoms in total. The first-order chi connectivity index (χ1) is 4.27. The van der Waals surface area contributed by atoms with Gasteiger partial charge in [-0.05, 0) is 6.92 Å². The van der Waals surface area contributed by atoms with Gasteiger partial charge in [0.25, 0.3) is 0 Å². The van der Waals surface area contributed by atoms with Crippen molar-refractivity contribution in [2.45, 2.75) is 12.5 Å². The second kappa shape index (κ2) is 2.64. The van der Waals surface area contributed by atoms with Gasteiger partial charge >= 0.3 is 0 Å². The average Bonchev–Trinajstić information content (AvgIpc) is 1.90. The maximum atomic E-state index is 8.81. The normalized spacial score (nSPS) is 36.7. The van der Waals surface area contributed by atoms with Gasteiger partial charge in [-0.25, -0.2) is 0 Å². The number of ether oxygens (including phenoxy) is 1. The number of aliphatic hydroxyl groups excluding tert-OH is 1. The summed E-state index contributed by atoms with van der Waals surface area (Å²) in [6, 6.07) is 0. The van der Waals surface area contributed by atoms with Crippen LogP contribution < -0.4 is 5.32 Å². The van der Waals surface area contributed by atoms with Crippen LogP contribution in [0.4, 0.5) is 0 Å². The highest BCUT2D eigenvalue weighted by Crippen LogP contribution is 2.05. The lowest BCUT2D eigenvalue weighted by molar-refractivity contribution is 0.00824. The summed E-state index contributed by atoms with van der Waals surface area (Å²) in [5.41, 5.74) is -0.196. The van der Waals surface area contributed by atoms with Gasteiger partial charge in [0.15, 0.2) is 0 Å². The summed E-state index contributed by atoms with van der Waals surface area (Å²) in [7, 11) is 0. The second-order valence-electron chi connectivity index (χ2n) is 2.70. The van der Waals surface area contributed by atoms with Crippen LogP contribution >= 0.6 is 0 Å². The first-order valence-electron chi connectivity index (χ1n) is 3.20. The van der Waals surface area contributed by atoms with E-state index in [4.69, 9.17) is 9.84 Å². The van der Waals surface area contributed by atoms with Crippen LogP contribution in [-0.2, 0) is 4.74 Å². The van der Waals surface area contributed by atoms with Crippen molar-refractivity contribution in [3.05, 3.63) is 0 Å². The third-order valence-electron chi connectivity index (χ3n) is 1.57. The molecule has 0 spiro atoms. The van der Waals surface area contributed by atoms with E-state index >= 15 is 0 Å². The van der Waals surface area contributed by atoms with E-state index in [2.05, 4.69) is 5.32 Å². The summed E-state index contributed by atoms with van der Waals surface area (Å²) in [5.74, 6) is 0. The number of hydrogen-bond donors (Lipinski definition) is 2. The molecule has 3 heteroatoms. The molecule has 1 saturated heterocycles. The molecule has 1 fully saturated rings. The number of morpholine rings is 1. The average molecular weight is 131 g/mol. The topological polar surface area (TPSA) is 41.5 Å². The van der Waals surface area contributed by atoms with Gasteiger partial charge in [0.05, 0.1) is 25.4 Å².